The Morgan fingerprint density at radius 3 is 2.65 bits per heavy atom. The Morgan fingerprint density at radius 1 is 1.24 bits per heavy atom. The first-order valence-corrected chi connectivity index (χ1v) is 11.0. The molecule has 0 unspecified atom stereocenters. The van der Waals surface area contributed by atoms with Gasteiger partial charge in [-0.05, 0) is 48.9 Å². The summed E-state index contributed by atoms with van der Waals surface area (Å²) in [6.07, 6.45) is 2.10. The van der Waals surface area contributed by atoms with Gasteiger partial charge in [0, 0.05) is 37.4 Å². The van der Waals surface area contributed by atoms with Crippen molar-refractivity contribution in [2.45, 2.75) is 12.5 Å². The number of fused-ring (bicyclic) bond motifs is 2. The highest BCUT2D eigenvalue weighted by atomic mass is 19.1. The molecule has 5 rings (SSSR count). The van der Waals surface area contributed by atoms with Gasteiger partial charge in [-0.1, -0.05) is 12.1 Å². The van der Waals surface area contributed by atoms with Crippen LogP contribution in [0.5, 0.6) is 0 Å². The molecule has 0 bridgehead atoms. The van der Waals surface area contributed by atoms with Crippen molar-refractivity contribution in [1.82, 2.24) is 9.55 Å². The van der Waals surface area contributed by atoms with Crippen LogP contribution in [0.1, 0.15) is 15.9 Å². The standard InChI is InChI=1S/C25H24FN5O3/c1-30-13-19(25(33)34)23(32)18-8-15-9-20(26)22(10-21(15)29-24(18)30)31-11-17(12-31)28-16-4-2-14(3-5-16)6-7-27/h2-5,8-10,13,17,28H,6-7,11-12,27H2,1H3,(H,33,34). The number of rotatable bonds is 6. The molecule has 0 atom stereocenters. The highest BCUT2D eigenvalue weighted by Crippen LogP contribution is 2.30. The maximum atomic E-state index is 15.0. The molecule has 2 aromatic heterocycles. The van der Waals surface area contributed by atoms with E-state index in [4.69, 9.17) is 5.73 Å². The SMILES string of the molecule is Cn1cc(C(=O)O)c(=O)c2cc3cc(F)c(N4CC(Nc5ccc(CCN)cc5)C4)cc3nc21. The van der Waals surface area contributed by atoms with Gasteiger partial charge < -0.3 is 25.6 Å². The van der Waals surface area contributed by atoms with Gasteiger partial charge in [0.25, 0.3) is 0 Å². The molecule has 1 aliphatic rings. The number of nitrogens with one attached hydrogen (secondary N) is 1. The molecule has 9 heteroatoms. The zero-order valence-corrected chi connectivity index (χ0v) is 18.6. The van der Waals surface area contributed by atoms with E-state index in [0.717, 1.165) is 12.1 Å². The number of nitrogens with zero attached hydrogens (tertiary/aromatic N) is 3. The number of carbonyl (C=O) groups is 1. The topological polar surface area (TPSA) is 113 Å². The molecule has 1 saturated heterocycles. The zero-order valence-electron chi connectivity index (χ0n) is 18.6. The summed E-state index contributed by atoms with van der Waals surface area (Å²) < 4.78 is 16.5. The lowest BCUT2D eigenvalue weighted by molar-refractivity contribution is 0.0695. The van der Waals surface area contributed by atoms with Crippen LogP contribution in [0, 0.1) is 5.82 Å². The third-order valence-electron chi connectivity index (χ3n) is 6.22. The van der Waals surface area contributed by atoms with E-state index >= 15 is 0 Å². The van der Waals surface area contributed by atoms with Crippen molar-refractivity contribution in [3.63, 3.8) is 0 Å². The number of aromatic nitrogens is 2. The van der Waals surface area contributed by atoms with Gasteiger partial charge in [0.15, 0.2) is 0 Å². The Labute approximate surface area is 194 Å². The van der Waals surface area contributed by atoms with Crippen LogP contribution in [-0.2, 0) is 13.5 Å². The number of pyridine rings is 2. The number of halogens is 1. The largest absolute Gasteiger partial charge is 0.477 e. The van der Waals surface area contributed by atoms with Crippen LogP contribution in [0.15, 0.2) is 53.5 Å². The average Bonchev–Trinajstić information content (AvgIpc) is 2.78. The number of carboxylic acids is 1. The predicted molar refractivity (Wildman–Crippen MR) is 130 cm³/mol. The van der Waals surface area contributed by atoms with Crippen molar-refractivity contribution in [2.24, 2.45) is 12.8 Å². The normalized spacial score (nSPS) is 13.9. The minimum absolute atomic E-state index is 0.146. The minimum Gasteiger partial charge on any atom is -0.477 e. The molecule has 0 amide bonds. The summed E-state index contributed by atoms with van der Waals surface area (Å²) in [6.45, 7) is 1.90. The van der Waals surface area contributed by atoms with Crippen LogP contribution in [0.2, 0.25) is 0 Å². The summed E-state index contributed by atoms with van der Waals surface area (Å²) in [5.74, 6) is -1.72. The van der Waals surface area contributed by atoms with E-state index in [1.54, 1.807) is 13.1 Å². The summed E-state index contributed by atoms with van der Waals surface area (Å²) in [4.78, 5) is 30.4. The van der Waals surface area contributed by atoms with Crippen LogP contribution in [0.4, 0.5) is 15.8 Å². The van der Waals surface area contributed by atoms with Gasteiger partial charge in [-0.25, -0.2) is 14.2 Å². The fourth-order valence-corrected chi connectivity index (χ4v) is 4.40. The molecule has 8 nitrogen and oxygen atoms in total. The lowest BCUT2D eigenvalue weighted by Gasteiger charge is -2.42. The molecule has 0 saturated carbocycles. The van der Waals surface area contributed by atoms with Gasteiger partial charge in [0.05, 0.1) is 22.6 Å². The molecule has 0 spiro atoms. The molecule has 0 radical (unpaired) electrons. The Hall–Kier alpha value is -3.98. The molecule has 34 heavy (non-hydrogen) atoms. The zero-order chi connectivity index (χ0) is 24.0. The van der Waals surface area contributed by atoms with E-state index in [9.17, 15) is 19.1 Å². The number of benzene rings is 2. The number of aromatic carboxylic acids is 1. The lowest BCUT2D eigenvalue weighted by atomic mass is 10.0. The number of anilines is 2. The molecule has 2 aromatic carbocycles. The molecular weight excluding hydrogens is 437 g/mol. The second kappa shape index (κ2) is 8.42. The maximum Gasteiger partial charge on any atom is 0.341 e. The monoisotopic (exact) mass is 461 g/mol. The quantitative estimate of drug-likeness (QED) is 0.379. The fraction of sp³-hybridized carbons (Fsp3) is 0.240. The molecule has 0 aliphatic carbocycles. The number of aryl methyl sites for hydroxylation is 1. The number of hydrogen-bond acceptors (Lipinski definition) is 6. The first-order valence-electron chi connectivity index (χ1n) is 11.0. The Kier molecular flexibility index (Phi) is 5.41. The summed E-state index contributed by atoms with van der Waals surface area (Å²) in [7, 11) is 1.63. The van der Waals surface area contributed by atoms with Crippen molar-refractivity contribution in [1.29, 1.82) is 0 Å². The van der Waals surface area contributed by atoms with Crippen molar-refractivity contribution in [3.05, 3.63) is 75.8 Å². The van der Waals surface area contributed by atoms with Crippen LogP contribution in [-0.4, -0.2) is 46.3 Å². The van der Waals surface area contributed by atoms with Gasteiger partial charge in [-0.3, -0.25) is 4.79 Å². The second-order valence-electron chi connectivity index (χ2n) is 8.63. The first-order chi connectivity index (χ1) is 16.3. The molecule has 1 fully saturated rings. The number of carboxylic acid groups (broad SMARTS) is 1. The second-order valence-corrected chi connectivity index (χ2v) is 8.63. The van der Waals surface area contributed by atoms with E-state index in [1.807, 2.05) is 17.0 Å². The molecule has 3 heterocycles. The third-order valence-corrected chi connectivity index (χ3v) is 6.22. The minimum atomic E-state index is -1.31. The number of hydrogen-bond donors (Lipinski definition) is 3. The molecule has 4 aromatic rings. The predicted octanol–water partition coefficient (Wildman–Crippen LogP) is 2.73. The smallest absolute Gasteiger partial charge is 0.341 e. The summed E-state index contributed by atoms with van der Waals surface area (Å²) >= 11 is 0. The fourth-order valence-electron chi connectivity index (χ4n) is 4.40. The van der Waals surface area contributed by atoms with Crippen molar-refractivity contribution >= 4 is 39.3 Å². The molecule has 1 aliphatic heterocycles. The van der Waals surface area contributed by atoms with E-state index in [0.29, 0.717) is 41.9 Å². The summed E-state index contributed by atoms with van der Waals surface area (Å²) in [6, 6.07) is 12.9. The van der Waals surface area contributed by atoms with Crippen LogP contribution < -0.4 is 21.4 Å². The van der Waals surface area contributed by atoms with Gasteiger partial charge in [-0.2, -0.15) is 0 Å². The Balaban J connectivity index is 1.39. The molecule has 4 N–H and O–H groups in total. The average molecular weight is 461 g/mol. The van der Waals surface area contributed by atoms with Crippen LogP contribution in [0.3, 0.4) is 0 Å². The number of nitrogens with two attached hydrogens (primary N) is 1. The van der Waals surface area contributed by atoms with Crippen molar-refractivity contribution in [2.75, 3.05) is 29.9 Å². The molecular formula is C25H24FN5O3. The van der Waals surface area contributed by atoms with E-state index in [2.05, 4.69) is 22.4 Å². The van der Waals surface area contributed by atoms with Crippen LogP contribution >= 0.6 is 0 Å². The Bertz CT molecular complexity index is 1480. The highest BCUT2D eigenvalue weighted by Gasteiger charge is 2.29. The van der Waals surface area contributed by atoms with E-state index < -0.39 is 17.2 Å². The lowest BCUT2D eigenvalue weighted by Crippen LogP contribution is -2.55. The van der Waals surface area contributed by atoms with Crippen LogP contribution in [0.25, 0.3) is 21.9 Å². The van der Waals surface area contributed by atoms with Gasteiger partial charge >= 0.3 is 5.97 Å². The summed E-state index contributed by atoms with van der Waals surface area (Å²) in [5, 5.41) is 13.3. The third kappa shape index (κ3) is 3.84. The van der Waals surface area contributed by atoms with Gasteiger partial charge in [0.1, 0.15) is 17.0 Å². The van der Waals surface area contributed by atoms with Gasteiger partial charge in [-0.15, -0.1) is 0 Å². The summed E-state index contributed by atoms with van der Waals surface area (Å²) in [5.41, 5.74) is 8.15. The maximum absolute atomic E-state index is 15.0. The first kappa shape index (κ1) is 21.8. The van der Waals surface area contributed by atoms with E-state index in [-0.39, 0.29) is 17.0 Å². The van der Waals surface area contributed by atoms with Crippen molar-refractivity contribution < 1.29 is 14.3 Å². The van der Waals surface area contributed by atoms with Crippen molar-refractivity contribution in [3.8, 4) is 0 Å². The Morgan fingerprint density at radius 2 is 1.97 bits per heavy atom. The molecule has 174 valence electrons. The van der Waals surface area contributed by atoms with E-state index in [1.165, 1.54) is 28.5 Å². The highest BCUT2D eigenvalue weighted by molar-refractivity contribution is 5.96. The van der Waals surface area contributed by atoms with Gasteiger partial charge in [0.2, 0.25) is 5.43 Å².